The van der Waals surface area contributed by atoms with Crippen LogP contribution < -0.4 is 15.8 Å². The van der Waals surface area contributed by atoms with Crippen molar-refractivity contribution >= 4 is 33.2 Å². The van der Waals surface area contributed by atoms with Gasteiger partial charge in [-0.2, -0.15) is 8.78 Å². The Kier molecular flexibility index (Phi) is 4.74. The third kappa shape index (κ3) is 3.91. The van der Waals surface area contributed by atoms with E-state index in [1.54, 1.807) is 18.2 Å². The number of alkyl halides is 2. The average molecular weight is 357 g/mol. The number of hydrogen-bond acceptors (Lipinski definition) is 3. The summed E-state index contributed by atoms with van der Waals surface area (Å²) in [4.78, 5) is 12.1. The van der Waals surface area contributed by atoms with E-state index >= 15 is 0 Å². The fourth-order valence-electron chi connectivity index (χ4n) is 1.63. The summed E-state index contributed by atoms with van der Waals surface area (Å²) in [6.07, 6.45) is 0. The SMILES string of the molecule is Nc1ccc(C(=O)Nc2ccccc2OC(F)F)cc1Br. The molecule has 2 rings (SSSR count). The van der Waals surface area contributed by atoms with Crippen molar-refractivity contribution < 1.29 is 18.3 Å². The third-order valence-electron chi connectivity index (χ3n) is 2.61. The summed E-state index contributed by atoms with van der Waals surface area (Å²) in [5.41, 5.74) is 6.63. The lowest BCUT2D eigenvalue weighted by atomic mass is 10.2. The molecule has 2 aromatic rings. The number of ether oxygens (including phenoxy) is 1. The molecule has 7 heteroatoms. The van der Waals surface area contributed by atoms with Crippen molar-refractivity contribution in [2.45, 2.75) is 6.61 Å². The average Bonchev–Trinajstić information content (AvgIpc) is 2.43. The van der Waals surface area contributed by atoms with Crippen molar-refractivity contribution in [1.82, 2.24) is 0 Å². The number of carbonyl (C=O) groups is 1. The van der Waals surface area contributed by atoms with E-state index < -0.39 is 12.5 Å². The van der Waals surface area contributed by atoms with E-state index in [0.717, 1.165) is 0 Å². The van der Waals surface area contributed by atoms with Gasteiger partial charge in [-0.15, -0.1) is 0 Å². The smallest absolute Gasteiger partial charge is 0.387 e. The standard InChI is InChI=1S/C14H11BrF2N2O2/c15-9-7-8(5-6-10(9)18)13(20)19-11-3-1-2-4-12(11)21-14(16)17/h1-7,14H,18H2,(H,19,20). The molecular weight excluding hydrogens is 346 g/mol. The molecule has 4 nitrogen and oxygen atoms in total. The molecular formula is C14H11BrF2N2O2. The van der Waals surface area contributed by atoms with Crippen molar-refractivity contribution in [3.8, 4) is 5.75 Å². The maximum absolute atomic E-state index is 12.3. The maximum Gasteiger partial charge on any atom is 0.387 e. The van der Waals surface area contributed by atoms with Gasteiger partial charge in [0.1, 0.15) is 5.75 Å². The minimum atomic E-state index is -2.96. The van der Waals surface area contributed by atoms with Crippen LogP contribution in [0.25, 0.3) is 0 Å². The zero-order valence-corrected chi connectivity index (χ0v) is 12.2. The lowest BCUT2D eigenvalue weighted by Crippen LogP contribution is -2.14. The van der Waals surface area contributed by atoms with Crippen molar-refractivity contribution in [2.75, 3.05) is 11.1 Å². The fourth-order valence-corrected chi connectivity index (χ4v) is 2.01. The highest BCUT2D eigenvalue weighted by atomic mass is 79.9. The van der Waals surface area contributed by atoms with Crippen LogP contribution in [0.2, 0.25) is 0 Å². The molecule has 0 spiro atoms. The summed E-state index contributed by atoms with van der Waals surface area (Å²) in [5, 5.41) is 2.52. The molecule has 0 aliphatic heterocycles. The predicted octanol–water partition coefficient (Wildman–Crippen LogP) is 3.89. The van der Waals surface area contributed by atoms with Crippen LogP contribution in [0.15, 0.2) is 46.9 Å². The number of nitrogens with one attached hydrogen (secondary N) is 1. The topological polar surface area (TPSA) is 64.4 Å². The summed E-state index contributed by atoms with van der Waals surface area (Å²) in [6.45, 7) is -2.96. The molecule has 3 N–H and O–H groups in total. The summed E-state index contributed by atoms with van der Waals surface area (Å²) >= 11 is 3.22. The first kappa shape index (κ1) is 15.2. The van der Waals surface area contributed by atoms with Crippen LogP contribution in [0, 0.1) is 0 Å². The van der Waals surface area contributed by atoms with Crippen LogP contribution in [0.3, 0.4) is 0 Å². The first-order valence-electron chi connectivity index (χ1n) is 5.87. The highest BCUT2D eigenvalue weighted by molar-refractivity contribution is 9.10. The number of nitrogen functional groups attached to an aromatic ring is 1. The molecule has 21 heavy (non-hydrogen) atoms. The van der Waals surface area contributed by atoms with Gasteiger partial charge < -0.3 is 15.8 Å². The van der Waals surface area contributed by atoms with Crippen LogP contribution in [-0.4, -0.2) is 12.5 Å². The number of hydrogen-bond donors (Lipinski definition) is 2. The molecule has 2 aromatic carbocycles. The van der Waals surface area contributed by atoms with Gasteiger partial charge >= 0.3 is 6.61 Å². The maximum atomic E-state index is 12.3. The molecule has 0 radical (unpaired) electrons. The number of benzene rings is 2. The molecule has 0 unspecified atom stereocenters. The zero-order chi connectivity index (χ0) is 15.4. The van der Waals surface area contributed by atoms with Crippen molar-refractivity contribution in [3.05, 3.63) is 52.5 Å². The quantitative estimate of drug-likeness (QED) is 0.817. The second kappa shape index (κ2) is 6.53. The Balaban J connectivity index is 2.21. The molecule has 0 aromatic heterocycles. The van der Waals surface area contributed by atoms with Crippen LogP contribution in [0.5, 0.6) is 5.75 Å². The molecule has 0 aliphatic carbocycles. The molecule has 0 heterocycles. The van der Waals surface area contributed by atoms with E-state index in [1.165, 1.54) is 24.3 Å². The number of carbonyl (C=O) groups excluding carboxylic acids is 1. The molecule has 0 saturated carbocycles. The van der Waals surface area contributed by atoms with E-state index in [0.29, 0.717) is 15.7 Å². The van der Waals surface area contributed by atoms with E-state index in [4.69, 9.17) is 5.73 Å². The van der Waals surface area contributed by atoms with E-state index in [2.05, 4.69) is 26.0 Å². The number of anilines is 2. The number of rotatable bonds is 4. The van der Waals surface area contributed by atoms with Gasteiger partial charge in [-0.05, 0) is 46.3 Å². The monoisotopic (exact) mass is 356 g/mol. The van der Waals surface area contributed by atoms with Gasteiger partial charge in [0.15, 0.2) is 0 Å². The largest absolute Gasteiger partial charge is 0.433 e. The Labute approximate surface area is 128 Å². The van der Waals surface area contributed by atoms with Crippen molar-refractivity contribution in [2.24, 2.45) is 0 Å². The molecule has 1 amide bonds. The Morgan fingerprint density at radius 2 is 1.95 bits per heavy atom. The molecule has 0 saturated heterocycles. The van der Waals surface area contributed by atoms with Crippen LogP contribution in [0.4, 0.5) is 20.2 Å². The van der Waals surface area contributed by atoms with Gasteiger partial charge in [0, 0.05) is 15.7 Å². The minimum absolute atomic E-state index is 0.102. The van der Waals surface area contributed by atoms with Crippen LogP contribution in [0.1, 0.15) is 10.4 Å². The Morgan fingerprint density at radius 1 is 1.24 bits per heavy atom. The summed E-state index contributed by atoms with van der Waals surface area (Å²) in [5.74, 6) is -0.559. The lowest BCUT2D eigenvalue weighted by molar-refractivity contribution is -0.0493. The first-order chi connectivity index (χ1) is 9.97. The zero-order valence-electron chi connectivity index (χ0n) is 10.6. The van der Waals surface area contributed by atoms with Gasteiger partial charge in [-0.1, -0.05) is 12.1 Å². The normalized spacial score (nSPS) is 10.5. The minimum Gasteiger partial charge on any atom is -0.433 e. The summed E-state index contributed by atoms with van der Waals surface area (Å²) < 4.78 is 29.5. The third-order valence-corrected chi connectivity index (χ3v) is 3.30. The number of amides is 1. The summed E-state index contributed by atoms with van der Waals surface area (Å²) in [7, 11) is 0. The lowest BCUT2D eigenvalue weighted by Gasteiger charge is -2.12. The molecule has 0 atom stereocenters. The van der Waals surface area contributed by atoms with Crippen LogP contribution in [-0.2, 0) is 0 Å². The second-order valence-corrected chi connectivity index (χ2v) is 4.92. The summed E-state index contributed by atoms with van der Waals surface area (Å²) in [6, 6.07) is 10.6. The molecule has 0 bridgehead atoms. The van der Waals surface area contributed by atoms with Gasteiger partial charge in [0.25, 0.3) is 5.91 Å². The number of halogens is 3. The van der Waals surface area contributed by atoms with E-state index in [9.17, 15) is 13.6 Å². The highest BCUT2D eigenvalue weighted by Crippen LogP contribution is 2.27. The highest BCUT2D eigenvalue weighted by Gasteiger charge is 2.13. The molecule has 110 valence electrons. The van der Waals surface area contributed by atoms with Crippen molar-refractivity contribution in [1.29, 1.82) is 0 Å². The molecule has 0 aliphatic rings. The van der Waals surface area contributed by atoms with E-state index in [-0.39, 0.29) is 11.4 Å². The van der Waals surface area contributed by atoms with Gasteiger partial charge in [0.05, 0.1) is 5.69 Å². The molecule has 0 fully saturated rings. The van der Waals surface area contributed by atoms with Gasteiger partial charge in [0.2, 0.25) is 0 Å². The second-order valence-electron chi connectivity index (χ2n) is 4.07. The number of para-hydroxylation sites is 2. The van der Waals surface area contributed by atoms with Crippen molar-refractivity contribution in [3.63, 3.8) is 0 Å². The van der Waals surface area contributed by atoms with Crippen LogP contribution >= 0.6 is 15.9 Å². The Hall–Kier alpha value is -2.15. The predicted molar refractivity (Wildman–Crippen MR) is 79.6 cm³/mol. The number of nitrogens with two attached hydrogens (primary N) is 1. The van der Waals surface area contributed by atoms with Gasteiger partial charge in [-0.3, -0.25) is 4.79 Å². The first-order valence-corrected chi connectivity index (χ1v) is 6.67. The Morgan fingerprint density at radius 3 is 2.62 bits per heavy atom. The Bertz CT molecular complexity index is 665. The van der Waals surface area contributed by atoms with Gasteiger partial charge in [-0.25, -0.2) is 0 Å². The fraction of sp³-hybridized carbons (Fsp3) is 0.0714. The van der Waals surface area contributed by atoms with E-state index in [1.807, 2.05) is 0 Å².